The van der Waals surface area contributed by atoms with Crippen LogP contribution in [0.15, 0.2) is 21.5 Å². The molecule has 1 aliphatic rings. The maximum absolute atomic E-state index is 12.4. The van der Waals surface area contributed by atoms with Gasteiger partial charge in [-0.1, -0.05) is 15.9 Å². The first-order chi connectivity index (χ1) is 11.3. The van der Waals surface area contributed by atoms with Crippen molar-refractivity contribution in [1.82, 2.24) is 4.90 Å². The number of phenolic OH excluding ortho intramolecular Hbond substituents is 1. The minimum Gasteiger partial charge on any atom is -0.504 e. The van der Waals surface area contributed by atoms with Crippen molar-refractivity contribution in [1.29, 1.82) is 0 Å². The number of esters is 1. The highest BCUT2D eigenvalue weighted by atomic mass is 79.9. The molecule has 1 fully saturated rings. The van der Waals surface area contributed by atoms with Gasteiger partial charge >= 0.3 is 5.97 Å². The van der Waals surface area contributed by atoms with Crippen LogP contribution in [0.3, 0.4) is 0 Å². The van der Waals surface area contributed by atoms with Crippen LogP contribution in [0.2, 0.25) is 0 Å². The molecule has 1 N–H and O–H groups in total. The fraction of sp³-hybridized carbons (Fsp3) is 0.267. The lowest BCUT2D eigenvalue weighted by Gasteiger charge is -2.18. The molecule has 0 spiro atoms. The lowest BCUT2D eigenvalue weighted by molar-refractivity contribution is -0.148. The van der Waals surface area contributed by atoms with Gasteiger partial charge in [0.25, 0.3) is 11.1 Å². The van der Waals surface area contributed by atoms with E-state index >= 15 is 0 Å². The molecule has 1 unspecified atom stereocenters. The molecule has 1 aromatic rings. The van der Waals surface area contributed by atoms with Crippen molar-refractivity contribution in [2.24, 2.45) is 0 Å². The number of nitrogens with zero attached hydrogens (tertiary/aromatic N) is 1. The largest absolute Gasteiger partial charge is 0.504 e. The van der Waals surface area contributed by atoms with Gasteiger partial charge in [-0.2, -0.15) is 0 Å². The van der Waals surface area contributed by atoms with Gasteiger partial charge in [0.15, 0.2) is 11.5 Å². The monoisotopic (exact) mass is 415 g/mol. The van der Waals surface area contributed by atoms with Crippen LogP contribution in [0.4, 0.5) is 4.79 Å². The molecule has 24 heavy (non-hydrogen) atoms. The van der Waals surface area contributed by atoms with Gasteiger partial charge < -0.3 is 14.6 Å². The standard InChI is InChI=1S/C15H14BrNO6S/c1-7(14(20)23-3)17-13(19)11(24-15(17)21)5-8-4-9(16)6-10(22-2)12(8)18/h4-7,18H,1-3H3. The number of hydrogen-bond donors (Lipinski definition) is 1. The van der Waals surface area contributed by atoms with Crippen LogP contribution in [0.1, 0.15) is 12.5 Å². The number of thioether (sulfide) groups is 1. The molecule has 2 amide bonds. The molecule has 1 saturated heterocycles. The fourth-order valence-corrected chi connectivity index (χ4v) is 3.44. The number of carbonyl (C=O) groups is 3. The van der Waals surface area contributed by atoms with E-state index in [4.69, 9.17) is 4.74 Å². The topological polar surface area (TPSA) is 93.1 Å². The van der Waals surface area contributed by atoms with E-state index in [1.54, 1.807) is 12.1 Å². The van der Waals surface area contributed by atoms with Crippen molar-refractivity contribution in [3.8, 4) is 11.5 Å². The number of aromatic hydroxyl groups is 1. The number of ether oxygens (including phenoxy) is 2. The predicted molar refractivity (Wildman–Crippen MR) is 91.6 cm³/mol. The number of rotatable bonds is 4. The molecule has 0 radical (unpaired) electrons. The van der Waals surface area contributed by atoms with Crippen LogP contribution >= 0.6 is 27.7 Å². The van der Waals surface area contributed by atoms with Gasteiger partial charge in [-0.3, -0.25) is 14.5 Å². The highest BCUT2D eigenvalue weighted by molar-refractivity contribution is 9.10. The summed E-state index contributed by atoms with van der Waals surface area (Å²) >= 11 is 3.96. The molecule has 2 rings (SSSR count). The van der Waals surface area contributed by atoms with E-state index in [-0.39, 0.29) is 16.4 Å². The summed E-state index contributed by atoms with van der Waals surface area (Å²) in [4.78, 5) is 37.0. The smallest absolute Gasteiger partial charge is 0.328 e. The average Bonchev–Trinajstić information content (AvgIpc) is 2.82. The third kappa shape index (κ3) is 3.41. The maximum Gasteiger partial charge on any atom is 0.328 e. The van der Waals surface area contributed by atoms with Crippen LogP contribution < -0.4 is 4.74 Å². The SMILES string of the molecule is COC(=O)C(C)N1C(=O)SC(=Cc2cc(Br)cc(OC)c2O)C1=O. The lowest BCUT2D eigenvalue weighted by Crippen LogP contribution is -2.42. The predicted octanol–water partition coefficient (Wildman–Crippen LogP) is 2.76. The van der Waals surface area contributed by atoms with E-state index in [2.05, 4.69) is 20.7 Å². The Balaban J connectivity index is 2.39. The fourth-order valence-electron chi connectivity index (χ4n) is 2.09. The Bertz CT molecular complexity index is 748. The van der Waals surface area contributed by atoms with Gasteiger partial charge in [0.05, 0.1) is 19.1 Å². The molecule has 1 atom stereocenters. The van der Waals surface area contributed by atoms with Crippen molar-refractivity contribution < 1.29 is 29.0 Å². The Kier molecular flexibility index (Phi) is 5.55. The Hall–Kier alpha value is -2.00. The van der Waals surface area contributed by atoms with Crippen LogP contribution in [0, 0.1) is 0 Å². The summed E-state index contributed by atoms with van der Waals surface area (Å²) < 4.78 is 10.2. The number of halogens is 1. The number of hydrogen-bond acceptors (Lipinski definition) is 7. The van der Waals surface area contributed by atoms with E-state index in [1.807, 2.05) is 0 Å². The van der Waals surface area contributed by atoms with Gasteiger partial charge in [-0.25, -0.2) is 4.79 Å². The first-order valence-corrected chi connectivity index (χ1v) is 8.32. The minimum absolute atomic E-state index is 0.0891. The summed E-state index contributed by atoms with van der Waals surface area (Å²) in [6, 6.07) is 2.12. The van der Waals surface area contributed by atoms with E-state index in [0.29, 0.717) is 21.8 Å². The Morgan fingerprint density at radius 1 is 1.38 bits per heavy atom. The lowest BCUT2D eigenvalue weighted by atomic mass is 10.1. The molecule has 1 aromatic carbocycles. The molecule has 0 aromatic heterocycles. The van der Waals surface area contributed by atoms with Gasteiger partial charge in [-0.05, 0) is 36.9 Å². The Morgan fingerprint density at radius 2 is 2.04 bits per heavy atom. The zero-order chi connectivity index (χ0) is 18.0. The molecular formula is C15H14BrNO6S. The number of phenols is 1. The quantitative estimate of drug-likeness (QED) is 0.596. The molecule has 0 aliphatic carbocycles. The molecular weight excluding hydrogens is 402 g/mol. The highest BCUT2D eigenvalue weighted by Crippen LogP contribution is 2.39. The zero-order valence-corrected chi connectivity index (χ0v) is 15.4. The summed E-state index contributed by atoms with van der Waals surface area (Å²) in [6.45, 7) is 1.41. The summed E-state index contributed by atoms with van der Waals surface area (Å²) in [6.07, 6.45) is 1.37. The normalized spacial score (nSPS) is 17.3. The van der Waals surface area contributed by atoms with Crippen molar-refractivity contribution >= 4 is 50.9 Å². The molecule has 1 heterocycles. The van der Waals surface area contributed by atoms with Gasteiger partial charge in [0, 0.05) is 10.0 Å². The second kappa shape index (κ2) is 7.27. The third-order valence-electron chi connectivity index (χ3n) is 3.33. The summed E-state index contributed by atoms with van der Waals surface area (Å²) in [5, 5.41) is 9.57. The van der Waals surface area contributed by atoms with Crippen molar-refractivity contribution in [2.45, 2.75) is 13.0 Å². The molecule has 7 nitrogen and oxygen atoms in total. The summed E-state index contributed by atoms with van der Waals surface area (Å²) in [7, 11) is 2.58. The number of carbonyl (C=O) groups excluding carboxylic acids is 3. The molecule has 128 valence electrons. The second-order valence-corrected chi connectivity index (χ2v) is 6.71. The minimum atomic E-state index is -1.03. The summed E-state index contributed by atoms with van der Waals surface area (Å²) in [5.74, 6) is -1.25. The number of imide groups is 1. The number of methoxy groups -OCH3 is 2. The Labute approximate surface area is 150 Å². The Morgan fingerprint density at radius 3 is 2.62 bits per heavy atom. The second-order valence-electron chi connectivity index (χ2n) is 4.80. The van der Waals surface area contributed by atoms with Crippen molar-refractivity contribution in [3.05, 3.63) is 27.1 Å². The average molecular weight is 416 g/mol. The molecule has 0 saturated carbocycles. The van der Waals surface area contributed by atoms with Crippen LogP contribution in [-0.4, -0.2) is 47.4 Å². The van der Waals surface area contributed by atoms with Gasteiger partial charge in [0.2, 0.25) is 0 Å². The van der Waals surface area contributed by atoms with Gasteiger partial charge in [0.1, 0.15) is 6.04 Å². The van der Waals surface area contributed by atoms with E-state index in [0.717, 1.165) is 4.90 Å². The third-order valence-corrected chi connectivity index (χ3v) is 4.67. The first kappa shape index (κ1) is 18.3. The van der Waals surface area contributed by atoms with Crippen LogP contribution in [-0.2, 0) is 14.3 Å². The molecule has 9 heteroatoms. The molecule has 0 bridgehead atoms. The number of benzene rings is 1. The highest BCUT2D eigenvalue weighted by Gasteiger charge is 2.41. The maximum atomic E-state index is 12.4. The van der Waals surface area contributed by atoms with E-state index in [9.17, 15) is 19.5 Å². The van der Waals surface area contributed by atoms with Crippen molar-refractivity contribution in [2.75, 3.05) is 14.2 Å². The zero-order valence-electron chi connectivity index (χ0n) is 13.0. The molecule has 1 aliphatic heterocycles. The van der Waals surface area contributed by atoms with Crippen LogP contribution in [0.25, 0.3) is 6.08 Å². The summed E-state index contributed by atoms with van der Waals surface area (Å²) in [5.41, 5.74) is 0.303. The first-order valence-electron chi connectivity index (χ1n) is 6.71. The van der Waals surface area contributed by atoms with Crippen molar-refractivity contribution in [3.63, 3.8) is 0 Å². The number of amides is 2. The van der Waals surface area contributed by atoms with Gasteiger partial charge in [-0.15, -0.1) is 0 Å². The van der Waals surface area contributed by atoms with Crippen LogP contribution in [0.5, 0.6) is 11.5 Å². The van der Waals surface area contributed by atoms with E-state index < -0.39 is 23.2 Å². The van der Waals surface area contributed by atoms with E-state index in [1.165, 1.54) is 27.2 Å².